The van der Waals surface area contributed by atoms with E-state index in [1.54, 1.807) is 7.11 Å². The van der Waals surface area contributed by atoms with E-state index in [1.807, 2.05) is 63.2 Å². The van der Waals surface area contributed by atoms with Crippen LogP contribution in [0.2, 0.25) is 0 Å². The smallest absolute Gasteiger partial charge is 0.229 e. The van der Waals surface area contributed by atoms with Crippen molar-refractivity contribution in [3.63, 3.8) is 0 Å². The first-order chi connectivity index (χ1) is 15.3. The molecule has 0 amide bonds. The van der Waals surface area contributed by atoms with Crippen molar-refractivity contribution in [3.8, 4) is 5.75 Å². The van der Waals surface area contributed by atoms with E-state index in [2.05, 4.69) is 43.9 Å². The summed E-state index contributed by atoms with van der Waals surface area (Å²) >= 11 is 5.54. The lowest BCUT2D eigenvalue weighted by atomic mass is 10.1. The summed E-state index contributed by atoms with van der Waals surface area (Å²) in [4.78, 5) is 13.6. The van der Waals surface area contributed by atoms with E-state index in [0.29, 0.717) is 23.6 Å². The number of ether oxygens (including phenoxy) is 1. The van der Waals surface area contributed by atoms with Crippen LogP contribution in [-0.4, -0.2) is 28.1 Å². The first-order valence-corrected chi connectivity index (χ1v) is 10.6. The Kier molecular flexibility index (Phi) is 7.72. The molecule has 0 bridgehead atoms. The molecule has 0 aliphatic heterocycles. The first-order valence-electron chi connectivity index (χ1n) is 10.2. The van der Waals surface area contributed by atoms with Gasteiger partial charge in [0.2, 0.25) is 11.9 Å². The van der Waals surface area contributed by atoms with Gasteiger partial charge in [-0.25, -0.2) is 15.0 Å². The number of aliphatic imine (C=N–C) groups is 1. The van der Waals surface area contributed by atoms with Crippen LogP contribution in [0.15, 0.2) is 53.5 Å². The summed E-state index contributed by atoms with van der Waals surface area (Å²) in [5.74, 6) is 1.68. The highest BCUT2D eigenvalue weighted by molar-refractivity contribution is 7.80. The maximum Gasteiger partial charge on any atom is 0.229 e. The number of rotatable bonds is 5. The number of benzene rings is 2. The second-order valence-electron chi connectivity index (χ2n) is 7.51. The van der Waals surface area contributed by atoms with Crippen molar-refractivity contribution < 1.29 is 4.74 Å². The molecule has 0 fully saturated rings. The molecule has 1 heterocycles. The SMILES string of the molecule is COc1cccc(CN=C(NC(=S)Nc2ccc(C)cc2C)Nc2nc(C)cc(C)n2)c1. The van der Waals surface area contributed by atoms with Crippen molar-refractivity contribution in [2.75, 3.05) is 17.7 Å². The Hall–Kier alpha value is -3.52. The monoisotopic (exact) mass is 448 g/mol. The molecule has 32 heavy (non-hydrogen) atoms. The van der Waals surface area contributed by atoms with Gasteiger partial charge in [-0.1, -0.05) is 29.8 Å². The van der Waals surface area contributed by atoms with E-state index in [1.165, 1.54) is 5.56 Å². The standard InChI is InChI=1S/C24H28N6OS/c1-15-9-10-21(16(2)11-15)28-24(32)30-22(29-23-26-17(3)12-18(4)27-23)25-14-19-7-6-8-20(13-19)31-5/h6-13H,14H2,1-5H3,(H3,25,26,27,28,29,30,32). The third-order valence-corrected chi connectivity index (χ3v) is 4.83. The highest BCUT2D eigenvalue weighted by atomic mass is 32.1. The lowest BCUT2D eigenvalue weighted by molar-refractivity contribution is 0.414. The summed E-state index contributed by atoms with van der Waals surface area (Å²) in [6.45, 7) is 8.37. The minimum absolute atomic E-state index is 0.415. The van der Waals surface area contributed by atoms with Gasteiger partial charge in [0.15, 0.2) is 5.11 Å². The Bertz CT molecular complexity index is 1120. The van der Waals surface area contributed by atoms with Gasteiger partial charge in [0.25, 0.3) is 0 Å². The Balaban J connectivity index is 1.80. The molecule has 0 aliphatic rings. The number of nitrogens with one attached hydrogen (secondary N) is 3. The largest absolute Gasteiger partial charge is 0.497 e. The van der Waals surface area contributed by atoms with E-state index in [4.69, 9.17) is 17.0 Å². The van der Waals surface area contributed by atoms with Gasteiger partial charge in [-0.05, 0) is 75.3 Å². The zero-order valence-electron chi connectivity index (χ0n) is 19.0. The number of guanidine groups is 1. The number of aromatic nitrogens is 2. The molecular formula is C24H28N6OS. The minimum atomic E-state index is 0.415. The molecule has 0 saturated carbocycles. The van der Waals surface area contributed by atoms with Crippen molar-refractivity contribution in [1.82, 2.24) is 15.3 Å². The number of hydrogen-bond acceptors (Lipinski definition) is 5. The van der Waals surface area contributed by atoms with Gasteiger partial charge in [-0.15, -0.1) is 0 Å². The molecular weight excluding hydrogens is 420 g/mol. The molecule has 0 saturated heterocycles. The van der Waals surface area contributed by atoms with Crippen molar-refractivity contribution in [2.24, 2.45) is 4.99 Å². The van der Waals surface area contributed by atoms with Gasteiger partial charge in [-0.3, -0.25) is 5.32 Å². The molecule has 0 aliphatic carbocycles. The van der Waals surface area contributed by atoms with Gasteiger partial charge >= 0.3 is 0 Å². The van der Waals surface area contributed by atoms with Gasteiger partial charge in [0.1, 0.15) is 5.75 Å². The Morgan fingerprint density at radius 1 is 0.969 bits per heavy atom. The zero-order chi connectivity index (χ0) is 23.1. The van der Waals surface area contributed by atoms with Crippen LogP contribution in [0.25, 0.3) is 0 Å². The van der Waals surface area contributed by atoms with Crippen LogP contribution in [0.4, 0.5) is 11.6 Å². The van der Waals surface area contributed by atoms with Crippen molar-refractivity contribution >= 4 is 34.9 Å². The Labute approximate surface area is 194 Å². The number of aryl methyl sites for hydroxylation is 4. The summed E-state index contributed by atoms with van der Waals surface area (Å²) < 4.78 is 5.30. The molecule has 0 unspecified atom stereocenters. The fraction of sp³-hybridized carbons (Fsp3) is 0.250. The van der Waals surface area contributed by atoms with Crippen LogP contribution in [0.1, 0.15) is 28.1 Å². The average molecular weight is 449 g/mol. The minimum Gasteiger partial charge on any atom is -0.497 e. The molecule has 0 radical (unpaired) electrons. The summed E-state index contributed by atoms with van der Waals surface area (Å²) in [6, 6.07) is 15.8. The second-order valence-corrected chi connectivity index (χ2v) is 7.92. The van der Waals surface area contributed by atoms with Gasteiger partial charge in [-0.2, -0.15) is 0 Å². The molecule has 0 atom stereocenters. The van der Waals surface area contributed by atoms with E-state index < -0.39 is 0 Å². The molecule has 3 N–H and O–H groups in total. The average Bonchev–Trinajstić information content (AvgIpc) is 2.73. The molecule has 7 nitrogen and oxygen atoms in total. The fourth-order valence-corrected chi connectivity index (χ4v) is 3.36. The Morgan fingerprint density at radius 3 is 2.41 bits per heavy atom. The molecule has 3 aromatic rings. The molecule has 166 valence electrons. The lowest BCUT2D eigenvalue weighted by Gasteiger charge is -2.15. The van der Waals surface area contributed by atoms with Gasteiger partial charge in [0, 0.05) is 17.1 Å². The van der Waals surface area contributed by atoms with Crippen molar-refractivity contribution in [1.29, 1.82) is 0 Å². The topological polar surface area (TPSA) is 83.5 Å². The van der Waals surface area contributed by atoms with Crippen molar-refractivity contribution in [3.05, 3.63) is 76.6 Å². The highest BCUT2D eigenvalue weighted by Gasteiger charge is 2.09. The van der Waals surface area contributed by atoms with Crippen LogP contribution in [0, 0.1) is 27.7 Å². The number of anilines is 2. The second kappa shape index (κ2) is 10.7. The maximum atomic E-state index is 5.54. The summed E-state index contributed by atoms with van der Waals surface area (Å²) in [6.07, 6.45) is 0. The number of hydrogen-bond donors (Lipinski definition) is 3. The van der Waals surface area contributed by atoms with Crippen LogP contribution >= 0.6 is 12.2 Å². The first kappa shape index (κ1) is 23.1. The fourth-order valence-electron chi connectivity index (χ4n) is 3.15. The quantitative estimate of drug-likeness (QED) is 0.297. The van der Waals surface area contributed by atoms with Gasteiger partial charge in [0.05, 0.1) is 13.7 Å². The molecule has 3 rings (SSSR count). The normalized spacial score (nSPS) is 11.1. The number of methoxy groups -OCH3 is 1. The van der Waals surface area contributed by atoms with Crippen molar-refractivity contribution in [2.45, 2.75) is 34.2 Å². The molecule has 0 spiro atoms. The number of thiocarbonyl (C=S) groups is 1. The summed E-state index contributed by atoms with van der Waals surface area (Å²) in [7, 11) is 1.64. The van der Waals surface area contributed by atoms with E-state index in [0.717, 1.165) is 34.0 Å². The van der Waals surface area contributed by atoms with Crippen LogP contribution in [0.3, 0.4) is 0 Å². The maximum absolute atomic E-state index is 5.54. The van der Waals surface area contributed by atoms with Crippen LogP contribution in [0.5, 0.6) is 5.75 Å². The third-order valence-electron chi connectivity index (χ3n) is 4.63. The Morgan fingerprint density at radius 2 is 1.72 bits per heavy atom. The van der Waals surface area contributed by atoms with Crippen LogP contribution in [-0.2, 0) is 6.54 Å². The number of nitrogens with zero attached hydrogens (tertiary/aromatic N) is 3. The predicted octanol–water partition coefficient (Wildman–Crippen LogP) is 4.67. The zero-order valence-corrected chi connectivity index (χ0v) is 19.8. The van der Waals surface area contributed by atoms with E-state index in [9.17, 15) is 0 Å². The van der Waals surface area contributed by atoms with Crippen LogP contribution < -0.4 is 20.7 Å². The molecule has 1 aromatic heterocycles. The molecule has 2 aromatic carbocycles. The third kappa shape index (κ3) is 6.75. The predicted molar refractivity (Wildman–Crippen MR) is 135 cm³/mol. The summed E-state index contributed by atoms with van der Waals surface area (Å²) in [5.41, 5.74) is 5.96. The van der Waals surface area contributed by atoms with Gasteiger partial charge < -0.3 is 15.4 Å². The molecule has 8 heteroatoms. The highest BCUT2D eigenvalue weighted by Crippen LogP contribution is 2.16. The van der Waals surface area contributed by atoms with E-state index >= 15 is 0 Å². The van der Waals surface area contributed by atoms with E-state index in [-0.39, 0.29) is 0 Å². The summed E-state index contributed by atoms with van der Waals surface area (Å²) in [5, 5.41) is 9.95. The lowest BCUT2D eigenvalue weighted by Crippen LogP contribution is -2.39.